The highest BCUT2D eigenvalue weighted by Gasteiger charge is 2.61. The van der Waals surface area contributed by atoms with Gasteiger partial charge < -0.3 is 10.0 Å². The van der Waals surface area contributed by atoms with E-state index in [1.54, 1.807) is 35.8 Å². The predicted molar refractivity (Wildman–Crippen MR) is 169 cm³/mol. The van der Waals surface area contributed by atoms with Crippen LogP contribution in [0.3, 0.4) is 0 Å². The molecule has 2 aromatic carbocycles. The van der Waals surface area contributed by atoms with Gasteiger partial charge in [0.2, 0.25) is 0 Å². The Balaban J connectivity index is 1.22. The lowest BCUT2D eigenvalue weighted by molar-refractivity contribution is 0.0363. The molecule has 2 saturated heterocycles. The zero-order valence-corrected chi connectivity index (χ0v) is 25.1. The Morgan fingerprint density at radius 2 is 1.80 bits per heavy atom. The van der Waals surface area contributed by atoms with E-state index in [0.717, 1.165) is 40.1 Å². The first kappa shape index (κ1) is 27.2. The number of amides is 1. The summed E-state index contributed by atoms with van der Waals surface area (Å²) >= 11 is 0. The highest BCUT2D eigenvalue weighted by atomic mass is 19.1. The fourth-order valence-electron chi connectivity index (χ4n) is 7.40. The van der Waals surface area contributed by atoms with Gasteiger partial charge in [-0.3, -0.25) is 15.0 Å². The number of rotatable bonds is 4. The number of fused-ring (bicyclic) bond motifs is 4. The fourth-order valence-corrected chi connectivity index (χ4v) is 7.40. The normalized spacial score (nSPS) is 19.7. The first-order chi connectivity index (χ1) is 21.7. The Kier molecular flexibility index (Phi) is 5.81. The second-order valence-electron chi connectivity index (χ2n) is 13.0. The van der Waals surface area contributed by atoms with Crippen LogP contribution in [0, 0.1) is 11.2 Å². The molecule has 0 unspecified atom stereocenters. The number of H-pyrrole nitrogens is 1. The van der Waals surface area contributed by atoms with Crippen LogP contribution in [0.2, 0.25) is 0 Å². The van der Waals surface area contributed by atoms with E-state index in [4.69, 9.17) is 10.1 Å². The summed E-state index contributed by atoms with van der Waals surface area (Å²) in [6.45, 7) is 7.56. The molecule has 6 heterocycles. The lowest BCUT2D eigenvalue weighted by Crippen LogP contribution is -2.61. The molecule has 0 aliphatic carbocycles. The topological polar surface area (TPSA) is 116 Å². The SMILES string of the molecule is CC(C)(C)[C@]12C[C@@H](CN1C(=O)O)N(c1ccc(-c3ccnc4c(-c5ccc(F)c6[nH]ncc56)c(-c5ccncc5)nn34)cc1)C2. The maximum absolute atomic E-state index is 14.6. The van der Waals surface area contributed by atoms with E-state index in [1.807, 2.05) is 22.7 Å². The van der Waals surface area contributed by atoms with Crippen LogP contribution in [0.25, 0.3) is 50.2 Å². The number of likely N-dealkylation sites (tertiary alicyclic amines) is 1. The summed E-state index contributed by atoms with van der Waals surface area (Å²) in [6, 6.07) is 17.4. The quantitative estimate of drug-likeness (QED) is 0.237. The van der Waals surface area contributed by atoms with Gasteiger partial charge in [0.25, 0.3) is 0 Å². The maximum Gasteiger partial charge on any atom is 0.407 e. The molecule has 10 nitrogen and oxygen atoms in total. The standard InChI is InChI=1S/C34H31FN8O2/c1-33(2,3)34-16-23(18-42(34)32(44)45)41(19-34)22-6-4-20(5-7-22)27-12-15-37-31-28(24-8-9-26(35)30-25(24)17-38-39-30)29(40-43(27)31)21-10-13-36-14-11-21/h4-15,17,23H,16,18-19H2,1-3H3,(H,38,39)(H,44,45)/t23-,34+/m0/s1. The first-order valence-corrected chi connectivity index (χ1v) is 14.9. The van der Waals surface area contributed by atoms with Crippen molar-refractivity contribution in [3.63, 3.8) is 0 Å². The molecule has 0 radical (unpaired) electrons. The molecule has 45 heavy (non-hydrogen) atoms. The van der Waals surface area contributed by atoms with Crippen molar-refractivity contribution in [1.29, 1.82) is 0 Å². The van der Waals surface area contributed by atoms with Gasteiger partial charge in [-0.2, -0.15) is 10.2 Å². The Bertz CT molecular complexity index is 2100. The molecule has 226 valence electrons. The zero-order valence-electron chi connectivity index (χ0n) is 25.1. The van der Waals surface area contributed by atoms with Crippen LogP contribution in [0.1, 0.15) is 27.2 Å². The van der Waals surface area contributed by atoms with E-state index < -0.39 is 11.6 Å². The number of carbonyl (C=O) groups is 1. The summed E-state index contributed by atoms with van der Waals surface area (Å²) in [5.74, 6) is -0.378. The Morgan fingerprint density at radius 3 is 2.53 bits per heavy atom. The van der Waals surface area contributed by atoms with Crippen LogP contribution >= 0.6 is 0 Å². The molecule has 11 heteroatoms. The predicted octanol–water partition coefficient (Wildman–Crippen LogP) is 6.50. The number of aromatic nitrogens is 6. The molecule has 2 bridgehead atoms. The average Bonchev–Trinajstić information content (AvgIpc) is 3.83. The summed E-state index contributed by atoms with van der Waals surface area (Å²) in [6.07, 6.45) is 6.81. The van der Waals surface area contributed by atoms with Gasteiger partial charge in [0, 0.05) is 59.9 Å². The number of nitrogens with zero attached hydrogens (tertiary/aromatic N) is 7. The number of hydrogen-bond donors (Lipinski definition) is 2. The van der Waals surface area contributed by atoms with E-state index in [0.29, 0.717) is 35.3 Å². The van der Waals surface area contributed by atoms with Crippen molar-refractivity contribution in [2.24, 2.45) is 5.41 Å². The van der Waals surface area contributed by atoms with Crippen molar-refractivity contribution in [1.82, 2.24) is 34.7 Å². The minimum Gasteiger partial charge on any atom is -0.465 e. The smallest absolute Gasteiger partial charge is 0.407 e. The number of carboxylic acid groups (broad SMARTS) is 1. The summed E-state index contributed by atoms with van der Waals surface area (Å²) in [7, 11) is 0. The number of nitrogens with one attached hydrogen (secondary N) is 1. The van der Waals surface area contributed by atoms with Gasteiger partial charge in [-0.25, -0.2) is 18.7 Å². The van der Waals surface area contributed by atoms with Crippen LogP contribution in [-0.4, -0.2) is 70.5 Å². The first-order valence-electron chi connectivity index (χ1n) is 14.9. The zero-order chi connectivity index (χ0) is 31.1. The number of hydrogen-bond acceptors (Lipinski definition) is 6. The van der Waals surface area contributed by atoms with Gasteiger partial charge >= 0.3 is 6.09 Å². The van der Waals surface area contributed by atoms with Crippen molar-refractivity contribution in [3.8, 4) is 33.6 Å². The number of pyridine rings is 1. The van der Waals surface area contributed by atoms with E-state index in [2.05, 4.69) is 65.1 Å². The fraction of sp³-hybridized carbons (Fsp3) is 0.265. The van der Waals surface area contributed by atoms with Crippen LogP contribution < -0.4 is 4.90 Å². The van der Waals surface area contributed by atoms with Crippen molar-refractivity contribution in [2.75, 3.05) is 18.0 Å². The molecular formula is C34H31FN8O2. The minimum absolute atomic E-state index is 0.130. The van der Waals surface area contributed by atoms with Gasteiger partial charge in [0.15, 0.2) is 5.65 Å². The van der Waals surface area contributed by atoms with Crippen LogP contribution in [0.15, 0.2) is 79.4 Å². The molecule has 2 aliphatic heterocycles. The van der Waals surface area contributed by atoms with Gasteiger partial charge in [0.05, 0.1) is 23.0 Å². The number of halogens is 1. The summed E-state index contributed by atoms with van der Waals surface area (Å²) in [4.78, 5) is 25.1. The second-order valence-corrected chi connectivity index (χ2v) is 13.0. The van der Waals surface area contributed by atoms with Crippen LogP contribution in [0.4, 0.5) is 14.9 Å². The molecule has 6 aromatic rings. The number of piperazine rings is 1. The lowest BCUT2D eigenvalue weighted by Gasteiger charge is -2.48. The van der Waals surface area contributed by atoms with Crippen LogP contribution in [-0.2, 0) is 0 Å². The molecule has 2 aliphatic rings. The summed E-state index contributed by atoms with van der Waals surface area (Å²) in [5, 5.41) is 22.6. The summed E-state index contributed by atoms with van der Waals surface area (Å²) < 4.78 is 16.5. The maximum atomic E-state index is 14.6. The van der Waals surface area contributed by atoms with Crippen molar-refractivity contribution < 1.29 is 14.3 Å². The van der Waals surface area contributed by atoms with E-state index in [9.17, 15) is 14.3 Å². The van der Waals surface area contributed by atoms with Crippen LogP contribution in [0.5, 0.6) is 0 Å². The highest BCUT2D eigenvalue weighted by molar-refractivity contribution is 6.03. The second kappa shape index (κ2) is 9.59. The molecule has 4 aromatic heterocycles. The third-order valence-corrected chi connectivity index (χ3v) is 9.78. The van der Waals surface area contributed by atoms with Crippen molar-refractivity contribution in [2.45, 2.75) is 38.8 Å². The Hall–Kier alpha value is -5.32. The number of aromatic amines is 1. The monoisotopic (exact) mass is 602 g/mol. The lowest BCUT2D eigenvalue weighted by atomic mass is 9.73. The van der Waals surface area contributed by atoms with Crippen molar-refractivity contribution >= 4 is 28.3 Å². The molecule has 8 rings (SSSR count). The molecule has 0 spiro atoms. The Morgan fingerprint density at radius 1 is 1.02 bits per heavy atom. The van der Waals surface area contributed by atoms with E-state index >= 15 is 0 Å². The minimum atomic E-state index is -0.844. The largest absolute Gasteiger partial charge is 0.465 e. The molecule has 2 N–H and O–H groups in total. The molecular weight excluding hydrogens is 571 g/mol. The molecule has 1 amide bonds. The van der Waals surface area contributed by atoms with Crippen molar-refractivity contribution in [3.05, 3.63) is 85.2 Å². The highest BCUT2D eigenvalue weighted by Crippen LogP contribution is 2.51. The third-order valence-electron chi connectivity index (χ3n) is 9.78. The van der Waals surface area contributed by atoms with E-state index in [-0.39, 0.29) is 17.3 Å². The van der Waals surface area contributed by atoms with Gasteiger partial charge in [-0.05, 0) is 53.8 Å². The molecule has 0 saturated carbocycles. The number of anilines is 1. The van der Waals surface area contributed by atoms with Gasteiger partial charge in [0.1, 0.15) is 17.0 Å². The van der Waals surface area contributed by atoms with Gasteiger partial charge in [-0.15, -0.1) is 0 Å². The Labute approximate surface area is 258 Å². The number of benzene rings is 2. The third kappa shape index (κ3) is 3.96. The average molecular weight is 603 g/mol. The molecule has 2 atom stereocenters. The molecule has 2 fully saturated rings. The van der Waals surface area contributed by atoms with E-state index in [1.165, 1.54) is 6.07 Å². The van der Waals surface area contributed by atoms with Gasteiger partial charge in [-0.1, -0.05) is 39.0 Å². The summed E-state index contributed by atoms with van der Waals surface area (Å²) in [5.41, 5.74) is 6.31.